The molecule has 37 heavy (non-hydrogen) atoms. The molecule has 11 heteroatoms. The average Bonchev–Trinajstić information content (AvgIpc) is 3.60. The number of para-hydroxylation sites is 1. The number of H-pyrrole nitrogens is 1. The number of benzene rings is 2. The van der Waals surface area contributed by atoms with E-state index < -0.39 is 0 Å². The topological polar surface area (TPSA) is 67.5 Å². The van der Waals surface area contributed by atoms with Gasteiger partial charge in [-0.3, -0.25) is 4.79 Å². The molecular weight excluding hydrogens is 531 g/mol. The molecule has 0 atom stereocenters. The molecule has 3 heterocycles. The number of nitrogens with one attached hydrogen (secondary N) is 2. The van der Waals surface area contributed by atoms with Crippen LogP contribution >= 0.6 is 35.2 Å². The molecule has 190 valence electrons. The summed E-state index contributed by atoms with van der Waals surface area (Å²) >= 11 is 13.0. The molecular formula is C26H24ClFN6OS2. The smallest absolute Gasteiger partial charge is 0.264 e. The molecule has 7 nitrogen and oxygen atoms in total. The van der Waals surface area contributed by atoms with Gasteiger partial charge < -0.3 is 25.0 Å². The van der Waals surface area contributed by atoms with E-state index in [9.17, 15) is 9.18 Å². The van der Waals surface area contributed by atoms with Crippen molar-refractivity contribution in [3.05, 3.63) is 93.9 Å². The number of carbonyl (C=O) groups excluding carboxylic acids is 1. The fourth-order valence-electron chi connectivity index (χ4n) is 4.16. The predicted molar refractivity (Wildman–Crippen MR) is 151 cm³/mol. The van der Waals surface area contributed by atoms with E-state index in [1.165, 1.54) is 17.4 Å². The number of rotatable bonds is 6. The number of piperazine rings is 1. The lowest BCUT2D eigenvalue weighted by atomic mass is 10.2. The standard InChI is InChI=1S/C26H24ClFN6OS2/c27-24-10-9-23(37-24)25(35)33-13-11-32(12-14-33)19-5-7-20(8-6-19)34(16-18-15-29-17-30-18)26(36)31-22-4-2-1-3-21(22)28/h1-10,15,17H,11-14,16H2,(H,29,30)(H,31,36). The third kappa shape index (κ3) is 5.93. The first kappa shape index (κ1) is 25.2. The number of amides is 1. The number of anilines is 3. The molecule has 0 spiro atoms. The molecule has 1 aliphatic heterocycles. The van der Waals surface area contributed by atoms with Crippen molar-refractivity contribution in [1.82, 2.24) is 14.9 Å². The summed E-state index contributed by atoms with van der Waals surface area (Å²) in [6, 6.07) is 18.0. The number of aromatic amines is 1. The minimum Gasteiger partial charge on any atom is -0.368 e. The first-order valence-electron chi connectivity index (χ1n) is 11.7. The lowest BCUT2D eigenvalue weighted by molar-refractivity contribution is 0.0751. The Morgan fingerprint density at radius 3 is 2.51 bits per heavy atom. The van der Waals surface area contributed by atoms with Gasteiger partial charge in [-0.05, 0) is 60.7 Å². The van der Waals surface area contributed by atoms with Gasteiger partial charge in [-0.2, -0.15) is 0 Å². The quantitative estimate of drug-likeness (QED) is 0.301. The van der Waals surface area contributed by atoms with Crippen LogP contribution < -0.4 is 15.1 Å². The SMILES string of the molecule is O=C(c1ccc(Cl)s1)N1CCN(c2ccc(N(Cc3cnc[nH]3)C(=S)Nc3ccccc3F)cc2)CC1. The summed E-state index contributed by atoms with van der Waals surface area (Å²) in [7, 11) is 0. The van der Waals surface area contributed by atoms with Gasteiger partial charge in [-0.25, -0.2) is 9.37 Å². The van der Waals surface area contributed by atoms with Crippen molar-refractivity contribution < 1.29 is 9.18 Å². The number of carbonyl (C=O) groups is 1. The monoisotopic (exact) mass is 554 g/mol. The molecule has 0 bridgehead atoms. The number of thiophene rings is 1. The Kier molecular flexibility index (Phi) is 7.68. The number of hydrogen-bond acceptors (Lipinski definition) is 5. The highest BCUT2D eigenvalue weighted by atomic mass is 35.5. The van der Waals surface area contributed by atoms with E-state index >= 15 is 0 Å². The van der Waals surface area contributed by atoms with Crippen LogP contribution in [0.1, 0.15) is 15.4 Å². The van der Waals surface area contributed by atoms with Crippen LogP contribution in [0.4, 0.5) is 21.5 Å². The van der Waals surface area contributed by atoms with E-state index in [1.54, 1.807) is 42.9 Å². The second-order valence-electron chi connectivity index (χ2n) is 8.47. The highest BCUT2D eigenvalue weighted by Crippen LogP contribution is 2.26. The van der Waals surface area contributed by atoms with Gasteiger partial charge >= 0.3 is 0 Å². The molecule has 0 aliphatic carbocycles. The van der Waals surface area contributed by atoms with E-state index in [4.69, 9.17) is 23.8 Å². The van der Waals surface area contributed by atoms with Crippen molar-refractivity contribution in [2.75, 3.05) is 41.3 Å². The number of halogens is 2. The van der Waals surface area contributed by atoms with Crippen LogP contribution in [0.2, 0.25) is 4.34 Å². The van der Waals surface area contributed by atoms with Gasteiger partial charge in [0.1, 0.15) is 5.82 Å². The first-order valence-corrected chi connectivity index (χ1v) is 13.3. The van der Waals surface area contributed by atoms with Gasteiger partial charge in [0.25, 0.3) is 5.91 Å². The zero-order valence-corrected chi connectivity index (χ0v) is 22.1. The van der Waals surface area contributed by atoms with Crippen molar-refractivity contribution >= 4 is 63.2 Å². The van der Waals surface area contributed by atoms with Gasteiger partial charge in [-0.15, -0.1) is 11.3 Å². The first-order chi connectivity index (χ1) is 18.0. The molecule has 2 aromatic carbocycles. The Morgan fingerprint density at radius 1 is 1.11 bits per heavy atom. The van der Waals surface area contributed by atoms with Crippen molar-refractivity contribution in [2.45, 2.75) is 6.54 Å². The molecule has 0 unspecified atom stereocenters. The summed E-state index contributed by atoms with van der Waals surface area (Å²) in [5.74, 6) is -0.348. The molecule has 2 aromatic heterocycles. The number of thiocarbonyl (C=S) groups is 1. The Bertz CT molecular complexity index is 1370. The number of imidazole rings is 1. The summed E-state index contributed by atoms with van der Waals surface area (Å²) in [6.45, 7) is 3.18. The fraction of sp³-hybridized carbons (Fsp3) is 0.192. The molecule has 1 amide bonds. The van der Waals surface area contributed by atoms with Crippen molar-refractivity contribution in [3.63, 3.8) is 0 Å². The molecule has 0 radical (unpaired) electrons. The summed E-state index contributed by atoms with van der Waals surface area (Å²) in [5.41, 5.74) is 3.10. The van der Waals surface area contributed by atoms with Crippen LogP contribution in [-0.2, 0) is 6.54 Å². The minimum absolute atomic E-state index is 0.0252. The van der Waals surface area contributed by atoms with Crippen LogP contribution in [-0.4, -0.2) is 52.1 Å². The Morgan fingerprint density at radius 2 is 1.86 bits per heavy atom. The number of aromatic nitrogens is 2. The van der Waals surface area contributed by atoms with E-state index in [0.29, 0.717) is 39.6 Å². The third-order valence-electron chi connectivity index (χ3n) is 6.12. The van der Waals surface area contributed by atoms with Gasteiger partial charge in [0.15, 0.2) is 5.11 Å². The number of nitrogens with zero attached hydrogens (tertiary/aromatic N) is 4. The zero-order chi connectivity index (χ0) is 25.8. The van der Waals surface area contributed by atoms with Gasteiger partial charge in [-0.1, -0.05) is 23.7 Å². The van der Waals surface area contributed by atoms with Crippen molar-refractivity contribution in [3.8, 4) is 0 Å². The highest BCUT2D eigenvalue weighted by molar-refractivity contribution is 7.80. The van der Waals surface area contributed by atoms with Crippen LogP contribution in [0.5, 0.6) is 0 Å². The van der Waals surface area contributed by atoms with E-state index in [0.717, 1.165) is 30.2 Å². The Labute approximate surface area is 228 Å². The Hall–Kier alpha value is -3.47. The van der Waals surface area contributed by atoms with Gasteiger partial charge in [0.05, 0.1) is 33.5 Å². The normalized spacial score (nSPS) is 13.5. The lowest BCUT2D eigenvalue weighted by Gasteiger charge is -2.36. The minimum atomic E-state index is -0.374. The van der Waals surface area contributed by atoms with E-state index in [1.807, 2.05) is 34.1 Å². The lowest BCUT2D eigenvalue weighted by Crippen LogP contribution is -2.48. The summed E-state index contributed by atoms with van der Waals surface area (Å²) in [4.78, 5) is 26.6. The molecule has 2 N–H and O–H groups in total. The van der Waals surface area contributed by atoms with Crippen LogP contribution in [0.15, 0.2) is 73.2 Å². The molecule has 1 saturated heterocycles. The molecule has 0 saturated carbocycles. The average molecular weight is 555 g/mol. The van der Waals surface area contributed by atoms with Gasteiger partial charge in [0, 0.05) is 43.8 Å². The molecule has 5 rings (SSSR count). The molecule has 1 aliphatic rings. The molecule has 4 aromatic rings. The second kappa shape index (κ2) is 11.3. The zero-order valence-electron chi connectivity index (χ0n) is 19.7. The maximum Gasteiger partial charge on any atom is 0.264 e. The summed E-state index contributed by atoms with van der Waals surface area (Å²) in [6.07, 6.45) is 3.35. The van der Waals surface area contributed by atoms with Crippen LogP contribution in [0, 0.1) is 5.82 Å². The maximum atomic E-state index is 14.2. The van der Waals surface area contributed by atoms with E-state index in [-0.39, 0.29) is 11.7 Å². The van der Waals surface area contributed by atoms with Gasteiger partial charge in [0.2, 0.25) is 0 Å². The van der Waals surface area contributed by atoms with Crippen molar-refractivity contribution in [2.24, 2.45) is 0 Å². The number of hydrogen-bond donors (Lipinski definition) is 2. The maximum absolute atomic E-state index is 14.2. The fourth-order valence-corrected chi connectivity index (χ4v) is 5.45. The van der Waals surface area contributed by atoms with Crippen LogP contribution in [0.3, 0.4) is 0 Å². The third-order valence-corrected chi connectivity index (χ3v) is 7.66. The molecule has 1 fully saturated rings. The largest absolute Gasteiger partial charge is 0.368 e. The van der Waals surface area contributed by atoms with E-state index in [2.05, 4.69) is 20.2 Å². The van der Waals surface area contributed by atoms with Crippen LogP contribution in [0.25, 0.3) is 0 Å². The Balaban J connectivity index is 1.27. The highest BCUT2D eigenvalue weighted by Gasteiger charge is 2.24. The summed E-state index contributed by atoms with van der Waals surface area (Å²) in [5, 5.41) is 3.39. The van der Waals surface area contributed by atoms with Crippen molar-refractivity contribution in [1.29, 1.82) is 0 Å². The predicted octanol–water partition coefficient (Wildman–Crippen LogP) is 5.63. The summed E-state index contributed by atoms with van der Waals surface area (Å²) < 4.78 is 14.9. The second-order valence-corrected chi connectivity index (χ2v) is 10.6.